The van der Waals surface area contributed by atoms with Crippen molar-refractivity contribution in [2.45, 2.75) is 0 Å². The molecule has 4 nitrogen and oxygen atoms in total. The highest BCUT2D eigenvalue weighted by Gasteiger charge is 1.94. The summed E-state index contributed by atoms with van der Waals surface area (Å²) in [6.07, 6.45) is 0.572. The van der Waals surface area contributed by atoms with Crippen LogP contribution in [0.25, 0.3) is 0 Å². The van der Waals surface area contributed by atoms with E-state index in [1.54, 1.807) is 6.07 Å². The van der Waals surface area contributed by atoms with E-state index in [2.05, 4.69) is 9.87 Å². The Balaban J connectivity index is 2.98. The standard InChI is InChI=1S/C6H5NO3/c8-4-5-2-1-3-6(7-5)10-9/h1-4,9H. The summed E-state index contributed by atoms with van der Waals surface area (Å²) in [4.78, 5) is 17.4. The molecule has 0 spiro atoms. The number of nitrogens with zero attached hydrogens (tertiary/aromatic N) is 1. The molecule has 0 unspecified atom stereocenters. The van der Waals surface area contributed by atoms with Crippen LogP contribution < -0.4 is 4.89 Å². The van der Waals surface area contributed by atoms with Crippen LogP contribution in [-0.4, -0.2) is 16.5 Å². The van der Waals surface area contributed by atoms with Crippen molar-refractivity contribution in [3.8, 4) is 5.88 Å². The zero-order valence-electron chi connectivity index (χ0n) is 5.02. The minimum atomic E-state index is 0.0181. The number of aromatic nitrogens is 1. The summed E-state index contributed by atoms with van der Waals surface area (Å²) in [5.74, 6) is 0.0181. The topological polar surface area (TPSA) is 59.4 Å². The lowest BCUT2D eigenvalue weighted by Crippen LogP contribution is -1.91. The van der Waals surface area contributed by atoms with Crippen LogP contribution in [0.5, 0.6) is 5.88 Å². The maximum Gasteiger partial charge on any atom is 0.256 e. The van der Waals surface area contributed by atoms with Gasteiger partial charge in [-0.25, -0.2) is 10.2 Å². The van der Waals surface area contributed by atoms with Crippen LogP contribution >= 0.6 is 0 Å². The lowest BCUT2D eigenvalue weighted by atomic mass is 10.4. The summed E-state index contributed by atoms with van der Waals surface area (Å²) in [6, 6.07) is 4.50. The van der Waals surface area contributed by atoms with E-state index in [-0.39, 0.29) is 11.6 Å². The SMILES string of the molecule is O=Cc1cccc(OO)n1. The zero-order chi connectivity index (χ0) is 7.40. The van der Waals surface area contributed by atoms with E-state index in [4.69, 9.17) is 5.26 Å². The summed E-state index contributed by atoms with van der Waals surface area (Å²) in [7, 11) is 0. The fraction of sp³-hybridized carbons (Fsp3) is 0. The molecule has 0 saturated carbocycles. The first-order valence-electron chi connectivity index (χ1n) is 2.60. The molecular formula is C6H5NO3. The second-order valence-electron chi connectivity index (χ2n) is 1.61. The minimum absolute atomic E-state index is 0.0181. The molecule has 0 aliphatic rings. The smallest absolute Gasteiger partial charge is 0.256 e. The maximum absolute atomic E-state index is 10.1. The van der Waals surface area contributed by atoms with Crippen molar-refractivity contribution in [3.63, 3.8) is 0 Å². The molecule has 0 atom stereocenters. The maximum atomic E-state index is 10.1. The van der Waals surface area contributed by atoms with Gasteiger partial charge in [-0.05, 0) is 6.07 Å². The van der Waals surface area contributed by atoms with Crippen molar-refractivity contribution in [2.75, 3.05) is 0 Å². The Morgan fingerprint density at radius 1 is 1.60 bits per heavy atom. The lowest BCUT2D eigenvalue weighted by molar-refractivity contribution is -0.141. The molecule has 52 valence electrons. The lowest BCUT2D eigenvalue weighted by Gasteiger charge is -1.93. The predicted molar refractivity (Wildman–Crippen MR) is 32.9 cm³/mol. The van der Waals surface area contributed by atoms with Gasteiger partial charge < -0.3 is 4.89 Å². The average molecular weight is 139 g/mol. The van der Waals surface area contributed by atoms with Gasteiger partial charge in [0.25, 0.3) is 5.88 Å². The van der Waals surface area contributed by atoms with Gasteiger partial charge >= 0.3 is 0 Å². The highest BCUT2D eigenvalue weighted by atomic mass is 17.1. The molecular weight excluding hydrogens is 134 g/mol. The molecule has 0 aliphatic heterocycles. The molecule has 0 aliphatic carbocycles. The predicted octanol–water partition coefficient (Wildman–Crippen LogP) is 0.746. The van der Waals surface area contributed by atoms with Gasteiger partial charge in [-0.3, -0.25) is 4.79 Å². The highest BCUT2D eigenvalue weighted by molar-refractivity contribution is 5.71. The van der Waals surface area contributed by atoms with Crippen molar-refractivity contribution in [3.05, 3.63) is 23.9 Å². The van der Waals surface area contributed by atoms with Crippen molar-refractivity contribution < 1.29 is 14.9 Å². The fourth-order valence-electron chi connectivity index (χ4n) is 0.547. The first kappa shape index (κ1) is 6.70. The largest absolute Gasteiger partial charge is 0.320 e. The van der Waals surface area contributed by atoms with E-state index in [9.17, 15) is 4.79 Å². The van der Waals surface area contributed by atoms with Gasteiger partial charge in [-0.1, -0.05) is 6.07 Å². The van der Waals surface area contributed by atoms with E-state index in [0.29, 0.717) is 6.29 Å². The molecule has 10 heavy (non-hydrogen) atoms. The molecule has 1 aromatic heterocycles. The van der Waals surface area contributed by atoms with Crippen molar-refractivity contribution >= 4 is 6.29 Å². The van der Waals surface area contributed by atoms with Crippen LogP contribution in [0.4, 0.5) is 0 Å². The first-order valence-corrected chi connectivity index (χ1v) is 2.60. The second-order valence-corrected chi connectivity index (χ2v) is 1.61. The molecule has 1 heterocycles. The number of rotatable bonds is 2. The molecule has 1 aromatic rings. The number of carbonyl (C=O) groups excluding carboxylic acids is 1. The minimum Gasteiger partial charge on any atom is -0.320 e. The van der Waals surface area contributed by atoms with Gasteiger partial charge in [0.05, 0.1) is 0 Å². The Morgan fingerprint density at radius 2 is 2.40 bits per heavy atom. The normalized spacial score (nSPS) is 8.90. The number of aldehydes is 1. The number of carbonyl (C=O) groups is 1. The van der Waals surface area contributed by atoms with E-state index >= 15 is 0 Å². The van der Waals surface area contributed by atoms with Gasteiger partial charge in [0.1, 0.15) is 5.69 Å². The van der Waals surface area contributed by atoms with E-state index in [1.165, 1.54) is 12.1 Å². The van der Waals surface area contributed by atoms with Gasteiger partial charge in [-0.15, -0.1) is 0 Å². The van der Waals surface area contributed by atoms with Crippen LogP contribution in [0.2, 0.25) is 0 Å². The fourth-order valence-corrected chi connectivity index (χ4v) is 0.547. The molecule has 0 fully saturated rings. The van der Waals surface area contributed by atoms with Crippen LogP contribution in [0, 0.1) is 0 Å². The summed E-state index contributed by atoms with van der Waals surface area (Å²) in [5, 5.41) is 8.08. The molecule has 0 aromatic carbocycles. The van der Waals surface area contributed by atoms with E-state index in [0.717, 1.165) is 0 Å². The Bertz CT molecular complexity index is 236. The van der Waals surface area contributed by atoms with E-state index in [1.807, 2.05) is 0 Å². The van der Waals surface area contributed by atoms with Gasteiger partial charge in [-0.2, -0.15) is 0 Å². The third kappa shape index (κ3) is 1.29. The zero-order valence-corrected chi connectivity index (χ0v) is 5.02. The van der Waals surface area contributed by atoms with E-state index < -0.39 is 0 Å². The number of hydrogen-bond acceptors (Lipinski definition) is 4. The monoisotopic (exact) mass is 139 g/mol. The average Bonchev–Trinajstić information content (AvgIpc) is 2.05. The van der Waals surface area contributed by atoms with Crippen molar-refractivity contribution in [1.29, 1.82) is 0 Å². The van der Waals surface area contributed by atoms with Crippen molar-refractivity contribution in [1.82, 2.24) is 4.98 Å². The van der Waals surface area contributed by atoms with Crippen LogP contribution in [0.3, 0.4) is 0 Å². The molecule has 1 rings (SSSR count). The Morgan fingerprint density at radius 3 is 3.00 bits per heavy atom. The van der Waals surface area contributed by atoms with Crippen LogP contribution in [-0.2, 0) is 0 Å². The molecule has 1 N–H and O–H groups in total. The number of hydrogen-bond donors (Lipinski definition) is 1. The van der Waals surface area contributed by atoms with Crippen molar-refractivity contribution in [2.24, 2.45) is 0 Å². The summed E-state index contributed by atoms with van der Waals surface area (Å²) in [6.45, 7) is 0. The first-order chi connectivity index (χ1) is 4.86. The third-order valence-electron chi connectivity index (χ3n) is 0.959. The van der Waals surface area contributed by atoms with Gasteiger partial charge in [0.2, 0.25) is 0 Å². The summed E-state index contributed by atoms with van der Waals surface area (Å²) < 4.78 is 0. The van der Waals surface area contributed by atoms with Gasteiger partial charge in [0.15, 0.2) is 6.29 Å². The Labute approximate surface area is 57.0 Å². The molecule has 0 bridgehead atoms. The molecule has 4 heteroatoms. The molecule has 0 saturated heterocycles. The number of pyridine rings is 1. The Kier molecular flexibility index (Phi) is 1.96. The van der Waals surface area contributed by atoms with Gasteiger partial charge in [0, 0.05) is 6.07 Å². The Hall–Kier alpha value is -1.42. The summed E-state index contributed by atoms with van der Waals surface area (Å²) >= 11 is 0. The van der Waals surface area contributed by atoms with Crippen LogP contribution in [0.15, 0.2) is 18.2 Å². The highest BCUT2D eigenvalue weighted by Crippen LogP contribution is 2.03. The molecule has 0 radical (unpaired) electrons. The second kappa shape index (κ2) is 2.93. The molecule has 0 amide bonds. The quantitative estimate of drug-likeness (QED) is 0.373. The van der Waals surface area contributed by atoms with Crippen LogP contribution in [0.1, 0.15) is 10.5 Å². The third-order valence-corrected chi connectivity index (χ3v) is 0.959. The summed E-state index contributed by atoms with van der Waals surface area (Å²) in [5.41, 5.74) is 0.228.